The number of alkyl halides is 1. The second kappa shape index (κ2) is 10.5. The highest BCUT2D eigenvalue weighted by Gasteiger charge is 2.53. The summed E-state index contributed by atoms with van der Waals surface area (Å²) in [6, 6.07) is 4.20. The Morgan fingerprint density at radius 3 is 2.61 bits per heavy atom. The largest absolute Gasteiger partial charge is 0.493 e. The number of ether oxygens (including phenoxy) is 2. The van der Waals surface area contributed by atoms with E-state index >= 15 is 0 Å². The van der Waals surface area contributed by atoms with Crippen LogP contribution in [0.15, 0.2) is 24.3 Å². The van der Waals surface area contributed by atoms with Crippen LogP contribution in [0.3, 0.4) is 0 Å². The smallest absolute Gasteiger partial charge is 0.171 e. The molecule has 1 aromatic rings. The molecule has 0 radical (unpaired) electrons. The first-order valence-electron chi connectivity index (χ1n) is 12.1. The third-order valence-corrected chi connectivity index (χ3v) is 7.77. The maximum Gasteiger partial charge on any atom is 0.171 e. The fourth-order valence-electron chi connectivity index (χ4n) is 5.49. The molecular formula is C26H37BrNO3+. The molecule has 170 valence electrons. The number of aliphatic hydroxyl groups excluding tert-OH is 1. The monoisotopic (exact) mass is 490 g/mol. The molecule has 0 unspecified atom stereocenters. The van der Waals surface area contributed by atoms with Gasteiger partial charge in [0.15, 0.2) is 17.7 Å². The topological polar surface area (TPSA) is 41.7 Å². The van der Waals surface area contributed by atoms with Gasteiger partial charge in [-0.25, -0.2) is 4.58 Å². The first-order valence-corrected chi connectivity index (χ1v) is 13.2. The molecule has 31 heavy (non-hydrogen) atoms. The first kappa shape index (κ1) is 22.8. The molecule has 0 aromatic heterocycles. The minimum atomic E-state index is -0.429. The molecule has 0 fully saturated rings. The van der Waals surface area contributed by atoms with Crippen molar-refractivity contribution in [1.82, 2.24) is 0 Å². The Labute approximate surface area is 195 Å². The van der Waals surface area contributed by atoms with Crippen LogP contribution in [0.2, 0.25) is 0 Å². The van der Waals surface area contributed by atoms with E-state index in [0.29, 0.717) is 6.42 Å². The lowest BCUT2D eigenvalue weighted by Crippen LogP contribution is -2.42. The van der Waals surface area contributed by atoms with Crippen molar-refractivity contribution in [3.63, 3.8) is 0 Å². The third kappa shape index (κ3) is 4.88. The molecule has 2 aliphatic heterocycles. The number of hydrogen-bond donors (Lipinski definition) is 1. The van der Waals surface area contributed by atoms with Gasteiger partial charge in [-0.15, -0.1) is 0 Å². The van der Waals surface area contributed by atoms with Crippen LogP contribution in [0.4, 0.5) is 0 Å². The van der Waals surface area contributed by atoms with Gasteiger partial charge in [0, 0.05) is 35.7 Å². The molecule has 2 heterocycles. The van der Waals surface area contributed by atoms with E-state index in [4.69, 9.17) is 9.47 Å². The molecule has 4 rings (SSSR count). The summed E-state index contributed by atoms with van der Waals surface area (Å²) in [5, 5.41) is 11.4. The highest BCUT2D eigenvalue weighted by molar-refractivity contribution is 9.09. The Hall–Kier alpha value is -1.33. The molecule has 5 heteroatoms. The SMILES string of the molecule is COc1ccc2c3c1O[C@H]1C[C@@H](O)C=C[C@@]31CC[N+](CCCCCCCCCCBr)=C2. The van der Waals surface area contributed by atoms with Crippen LogP contribution < -0.4 is 9.47 Å². The van der Waals surface area contributed by atoms with Gasteiger partial charge < -0.3 is 14.6 Å². The zero-order chi connectivity index (χ0) is 21.7. The standard InChI is InChI=1S/C26H37BrNO3/c1-30-22-11-10-20-19-28(16-9-7-5-3-2-4-6-8-15-27)17-14-26-13-12-21(29)18-23(26)31-25(22)24(20)26/h10-13,19,21,23,29H,2-9,14-18H2,1H3/q+1/t21-,23-,26-/m0/s1. The highest BCUT2D eigenvalue weighted by atomic mass is 79.9. The summed E-state index contributed by atoms with van der Waals surface area (Å²) in [6.45, 7) is 2.13. The van der Waals surface area contributed by atoms with Gasteiger partial charge in [0.25, 0.3) is 0 Å². The molecule has 1 spiro atoms. The van der Waals surface area contributed by atoms with Crippen LogP contribution in [0.5, 0.6) is 11.5 Å². The number of aliphatic hydroxyl groups is 1. The van der Waals surface area contributed by atoms with E-state index in [1.54, 1.807) is 7.11 Å². The fraction of sp³-hybridized carbons (Fsp3) is 0.654. The number of halogens is 1. The molecule has 1 aromatic carbocycles. The Balaban J connectivity index is 1.40. The van der Waals surface area contributed by atoms with Crippen LogP contribution >= 0.6 is 15.9 Å². The molecule has 0 bridgehead atoms. The average molecular weight is 491 g/mol. The van der Waals surface area contributed by atoms with Gasteiger partial charge in [-0.2, -0.15) is 0 Å². The maximum atomic E-state index is 10.2. The van der Waals surface area contributed by atoms with Gasteiger partial charge >= 0.3 is 0 Å². The number of methoxy groups -OCH3 is 1. The molecule has 1 aliphatic carbocycles. The molecular weight excluding hydrogens is 454 g/mol. The van der Waals surface area contributed by atoms with E-state index in [2.05, 4.69) is 38.9 Å². The van der Waals surface area contributed by atoms with Crippen LogP contribution in [-0.4, -0.2) is 53.6 Å². The normalized spacial score (nSPS) is 26.0. The van der Waals surface area contributed by atoms with Crippen molar-refractivity contribution < 1.29 is 19.2 Å². The van der Waals surface area contributed by atoms with Gasteiger partial charge in [-0.1, -0.05) is 60.2 Å². The Morgan fingerprint density at radius 1 is 1.13 bits per heavy atom. The van der Waals surface area contributed by atoms with Crippen molar-refractivity contribution >= 4 is 22.1 Å². The molecule has 4 nitrogen and oxygen atoms in total. The van der Waals surface area contributed by atoms with Gasteiger partial charge in [0.2, 0.25) is 0 Å². The number of unbranched alkanes of at least 4 members (excludes halogenated alkanes) is 7. The molecule has 1 N–H and O–H groups in total. The maximum absolute atomic E-state index is 10.2. The number of benzene rings is 1. The summed E-state index contributed by atoms with van der Waals surface area (Å²) in [5.41, 5.74) is 2.34. The van der Waals surface area contributed by atoms with Crippen molar-refractivity contribution in [2.75, 3.05) is 25.5 Å². The van der Waals surface area contributed by atoms with E-state index in [-0.39, 0.29) is 11.5 Å². The number of hydrogen-bond acceptors (Lipinski definition) is 3. The third-order valence-electron chi connectivity index (χ3n) is 7.21. The fourth-order valence-corrected chi connectivity index (χ4v) is 5.88. The van der Waals surface area contributed by atoms with Crippen molar-refractivity contribution in [2.24, 2.45) is 0 Å². The van der Waals surface area contributed by atoms with E-state index in [1.807, 2.05) is 12.1 Å². The average Bonchev–Trinajstić information content (AvgIpc) is 3.01. The summed E-state index contributed by atoms with van der Waals surface area (Å²) in [4.78, 5) is 0. The summed E-state index contributed by atoms with van der Waals surface area (Å²) in [7, 11) is 1.70. The van der Waals surface area contributed by atoms with Crippen molar-refractivity contribution in [3.8, 4) is 11.5 Å². The van der Waals surface area contributed by atoms with Gasteiger partial charge in [-0.05, 0) is 25.0 Å². The first-order chi connectivity index (χ1) is 15.2. The predicted octanol–water partition coefficient (Wildman–Crippen LogP) is 5.37. The van der Waals surface area contributed by atoms with Crippen LogP contribution in [0.25, 0.3) is 0 Å². The molecule has 3 atom stereocenters. The van der Waals surface area contributed by atoms with Crippen molar-refractivity contribution in [3.05, 3.63) is 35.4 Å². The number of nitrogens with zero attached hydrogens (tertiary/aromatic N) is 1. The van der Waals surface area contributed by atoms with E-state index in [9.17, 15) is 5.11 Å². The number of rotatable bonds is 11. The minimum absolute atomic E-state index is 0.0181. The Bertz CT molecular complexity index is 821. The van der Waals surface area contributed by atoms with Crippen LogP contribution in [0, 0.1) is 0 Å². The lowest BCUT2D eigenvalue weighted by Gasteiger charge is -2.34. The van der Waals surface area contributed by atoms with Crippen LogP contribution in [-0.2, 0) is 5.41 Å². The molecule has 3 aliphatic rings. The van der Waals surface area contributed by atoms with E-state index in [0.717, 1.165) is 36.3 Å². The molecule has 0 saturated heterocycles. The summed E-state index contributed by atoms with van der Waals surface area (Å²) in [6.07, 6.45) is 18.4. The molecule has 0 saturated carbocycles. The Kier molecular flexibility index (Phi) is 7.76. The summed E-state index contributed by atoms with van der Waals surface area (Å²) in [5.74, 6) is 1.68. The minimum Gasteiger partial charge on any atom is -0.493 e. The van der Waals surface area contributed by atoms with Crippen molar-refractivity contribution in [1.29, 1.82) is 0 Å². The van der Waals surface area contributed by atoms with Crippen molar-refractivity contribution in [2.45, 2.75) is 81.8 Å². The lowest BCUT2D eigenvalue weighted by atomic mass is 9.69. The van der Waals surface area contributed by atoms with E-state index in [1.165, 1.54) is 62.5 Å². The lowest BCUT2D eigenvalue weighted by molar-refractivity contribution is -0.524. The summed E-state index contributed by atoms with van der Waals surface area (Å²) >= 11 is 3.51. The van der Waals surface area contributed by atoms with Gasteiger partial charge in [0.1, 0.15) is 19.2 Å². The highest BCUT2D eigenvalue weighted by Crippen LogP contribution is 2.54. The van der Waals surface area contributed by atoms with Gasteiger partial charge in [0.05, 0.1) is 18.6 Å². The summed E-state index contributed by atoms with van der Waals surface area (Å²) < 4.78 is 14.5. The second-order valence-corrected chi connectivity index (χ2v) is 10.1. The molecule has 0 amide bonds. The zero-order valence-corrected chi connectivity index (χ0v) is 20.4. The zero-order valence-electron chi connectivity index (χ0n) is 18.8. The van der Waals surface area contributed by atoms with Gasteiger partial charge in [-0.3, -0.25) is 0 Å². The van der Waals surface area contributed by atoms with Crippen LogP contribution in [0.1, 0.15) is 75.3 Å². The second-order valence-electron chi connectivity index (χ2n) is 9.30. The Morgan fingerprint density at radius 2 is 1.87 bits per heavy atom. The predicted molar refractivity (Wildman–Crippen MR) is 129 cm³/mol. The van der Waals surface area contributed by atoms with E-state index < -0.39 is 6.10 Å². The quantitative estimate of drug-likeness (QED) is 0.196.